The van der Waals surface area contributed by atoms with Crippen molar-refractivity contribution in [1.29, 1.82) is 0 Å². The summed E-state index contributed by atoms with van der Waals surface area (Å²) in [6, 6.07) is 15.4. The lowest BCUT2D eigenvalue weighted by Gasteiger charge is -2.23. The zero-order chi connectivity index (χ0) is 24.2. The number of nitrogens with zero attached hydrogens (tertiary/aromatic N) is 3. The maximum atomic E-state index is 13.8. The number of pyridine rings is 1. The number of hydrogen-bond acceptors (Lipinski definition) is 6. The third-order valence-corrected chi connectivity index (χ3v) is 6.40. The van der Waals surface area contributed by atoms with Gasteiger partial charge in [-0.05, 0) is 43.7 Å². The molecule has 5 rings (SSSR count). The number of likely N-dealkylation sites (N-methyl/N-ethyl adjacent to an activating group) is 1. The Morgan fingerprint density at radius 1 is 0.971 bits per heavy atom. The van der Waals surface area contributed by atoms with Crippen LogP contribution >= 0.6 is 0 Å². The molecule has 1 fully saturated rings. The van der Waals surface area contributed by atoms with E-state index >= 15 is 0 Å². The summed E-state index contributed by atoms with van der Waals surface area (Å²) in [7, 11) is 0. The summed E-state index contributed by atoms with van der Waals surface area (Å²) in [4.78, 5) is 34.6. The van der Waals surface area contributed by atoms with E-state index in [4.69, 9.17) is 14.5 Å². The van der Waals surface area contributed by atoms with Crippen molar-refractivity contribution in [1.82, 2.24) is 20.1 Å². The van der Waals surface area contributed by atoms with Gasteiger partial charge in [-0.1, -0.05) is 18.2 Å². The largest absolute Gasteiger partial charge is 0.486 e. The summed E-state index contributed by atoms with van der Waals surface area (Å²) in [6.45, 7) is 6.64. The van der Waals surface area contributed by atoms with Crippen LogP contribution in [0.15, 0.2) is 48.5 Å². The van der Waals surface area contributed by atoms with Crippen LogP contribution in [0, 0.1) is 0 Å². The van der Waals surface area contributed by atoms with E-state index in [-0.39, 0.29) is 11.8 Å². The van der Waals surface area contributed by atoms with Gasteiger partial charge in [0.25, 0.3) is 5.91 Å². The first-order valence-corrected chi connectivity index (χ1v) is 12.2. The molecule has 3 heterocycles. The Morgan fingerprint density at radius 2 is 1.80 bits per heavy atom. The Kier molecular flexibility index (Phi) is 6.81. The molecule has 3 aromatic rings. The van der Waals surface area contributed by atoms with Gasteiger partial charge in [0.2, 0.25) is 5.91 Å². The van der Waals surface area contributed by atoms with E-state index in [0.29, 0.717) is 57.3 Å². The Balaban J connectivity index is 1.43. The molecule has 35 heavy (non-hydrogen) atoms. The summed E-state index contributed by atoms with van der Waals surface area (Å²) in [5.74, 6) is 1.42. The third-order valence-electron chi connectivity index (χ3n) is 6.40. The number of aromatic nitrogens is 1. The van der Waals surface area contributed by atoms with E-state index in [2.05, 4.69) is 10.2 Å². The molecule has 1 saturated heterocycles. The first kappa shape index (κ1) is 23.1. The summed E-state index contributed by atoms with van der Waals surface area (Å²) in [5, 5.41) is 3.68. The maximum Gasteiger partial charge on any atom is 0.254 e. The van der Waals surface area contributed by atoms with Crippen molar-refractivity contribution in [3.05, 3.63) is 54.1 Å². The number of amides is 2. The molecule has 8 heteroatoms. The van der Waals surface area contributed by atoms with Gasteiger partial charge in [-0.15, -0.1) is 0 Å². The lowest BCUT2D eigenvalue weighted by atomic mass is 10.0. The van der Waals surface area contributed by atoms with Gasteiger partial charge in [0.05, 0.1) is 23.3 Å². The Hall–Kier alpha value is -3.65. The van der Waals surface area contributed by atoms with Crippen LogP contribution in [0.3, 0.4) is 0 Å². The van der Waals surface area contributed by atoms with Gasteiger partial charge in [0, 0.05) is 43.7 Å². The van der Waals surface area contributed by atoms with Gasteiger partial charge >= 0.3 is 0 Å². The van der Waals surface area contributed by atoms with E-state index < -0.39 is 0 Å². The normalized spacial score (nSPS) is 16.1. The van der Waals surface area contributed by atoms with Gasteiger partial charge in [-0.3, -0.25) is 14.5 Å². The molecule has 0 atom stereocenters. The average Bonchev–Trinajstić information content (AvgIpc) is 3.13. The molecular weight excluding hydrogens is 444 g/mol. The van der Waals surface area contributed by atoms with Crippen LogP contribution < -0.4 is 14.8 Å². The summed E-state index contributed by atoms with van der Waals surface area (Å²) >= 11 is 0. The minimum atomic E-state index is -0.0118. The summed E-state index contributed by atoms with van der Waals surface area (Å²) < 4.78 is 11.4. The lowest BCUT2D eigenvalue weighted by Crippen LogP contribution is -2.40. The smallest absolute Gasteiger partial charge is 0.254 e. The lowest BCUT2D eigenvalue weighted by molar-refractivity contribution is -0.122. The van der Waals surface area contributed by atoms with E-state index in [9.17, 15) is 9.59 Å². The van der Waals surface area contributed by atoms with E-state index in [1.54, 1.807) is 0 Å². The molecule has 2 amide bonds. The van der Waals surface area contributed by atoms with E-state index in [1.165, 1.54) is 0 Å². The van der Waals surface area contributed by atoms with Crippen molar-refractivity contribution in [2.75, 3.05) is 52.5 Å². The summed E-state index contributed by atoms with van der Waals surface area (Å²) in [6.07, 6.45) is 0.823. The molecule has 0 aliphatic carbocycles. The number of fused-ring (bicyclic) bond motifs is 2. The number of para-hydroxylation sites is 1. The molecule has 1 N–H and O–H groups in total. The number of rotatable bonds is 5. The van der Waals surface area contributed by atoms with Crippen LogP contribution in [-0.2, 0) is 4.79 Å². The number of benzene rings is 2. The molecule has 182 valence electrons. The minimum absolute atomic E-state index is 0.0118. The molecular formula is C27H30N4O4. The second kappa shape index (κ2) is 10.3. The van der Waals surface area contributed by atoms with Crippen molar-refractivity contribution in [3.8, 4) is 22.8 Å². The average molecular weight is 475 g/mol. The SMILES string of the molecule is CCNC(=O)CN1CCCN(C(=O)c2cc(-c3ccc4c(c3)OCCO4)nc3ccccc23)CC1. The molecule has 8 nitrogen and oxygen atoms in total. The second-order valence-corrected chi connectivity index (χ2v) is 8.81. The molecule has 2 aliphatic rings. The number of carbonyl (C=O) groups is 2. The highest BCUT2D eigenvalue weighted by atomic mass is 16.6. The van der Waals surface area contributed by atoms with Crippen LogP contribution in [0.1, 0.15) is 23.7 Å². The number of carbonyl (C=O) groups excluding carboxylic acids is 2. The van der Waals surface area contributed by atoms with Crippen molar-refractivity contribution in [2.45, 2.75) is 13.3 Å². The van der Waals surface area contributed by atoms with Crippen LogP contribution in [-0.4, -0.2) is 79.1 Å². The fourth-order valence-electron chi connectivity index (χ4n) is 4.66. The zero-order valence-electron chi connectivity index (χ0n) is 20.0. The molecule has 0 spiro atoms. The fourth-order valence-corrected chi connectivity index (χ4v) is 4.66. The maximum absolute atomic E-state index is 13.8. The van der Waals surface area contributed by atoms with Crippen molar-refractivity contribution in [2.24, 2.45) is 0 Å². The van der Waals surface area contributed by atoms with Crippen molar-refractivity contribution >= 4 is 22.7 Å². The molecule has 0 radical (unpaired) electrons. The highest BCUT2D eigenvalue weighted by Crippen LogP contribution is 2.35. The predicted octanol–water partition coefficient (Wildman–Crippen LogP) is 2.96. The van der Waals surface area contributed by atoms with E-state index in [0.717, 1.165) is 40.9 Å². The second-order valence-electron chi connectivity index (χ2n) is 8.81. The molecule has 2 aromatic carbocycles. The quantitative estimate of drug-likeness (QED) is 0.612. The van der Waals surface area contributed by atoms with Crippen molar-refractivity contribution in [3.63, 3.8) is 0 Å². The molecule has 0 unspecified atom stereocenters. The Labute approximate surface area is 204 Å². The van der Waals surface area contributed by atoms with Crippen molar-refractivity contribution < 1.29 is 19.1 Å². The summed E-state index contributed by atoms with van der Waals surface area (Å²) in [5.41, 5.74) is 3.00. The molecule has 0 bridgehead atoms. The van der Waals surface area contributed by atoms with Crippen LogP contribution in [0.2, 0.25) is 0 Å². The highest BCUT2D eigenvalue weighted by Gasteiger charge is 2.24. The molecule has 2 aliphatic heterocycles. The van der Waals surface area contributed by atoms with Crippen LogP contribution in [0.25, 0.3) is 22.2 Å². The zero-order valence-corrected chi connectivity index (χ0v) is 20.0. The highest BCUT2D eigenvalue weighted by molar-refractivity contribution is 6.07. The topological polar surface area (TPSA) is 84.0 Å². The number of hydrogen-bond donors (Lipinski definition) is 1. The number of ether oxygens (including phenoxy) is 2. The Bertz CT molecular complexity index is 1250. The third kappa shape index (κ3) is 5.07. The van der Waals surface area contributed by atoms with Gasteiger partial charge in [0.1, 0.15) is 13.2 Å². The fraction of sp³-hybridized carbons (Fsp3) is 0.370. The van der Waals surface area contributed by atoms with Crippen LogP contribution in [0.4, 0.5) is 0 Å². The van der Waals surface area contributed by atoms with Gasteiger partial charge in [-0.2, -0.15) is 0 Å². The molecule has 0 saturated carbocycles. The minimum Gasteiger partial charge on any atom is -0.486 e. The Morgan fingerprint density at radius 3 is 2.66 bits per heavy atom. The number of nitrogens with one attached hydrogen (secondary N) is 1. The monoisotopic (exact) mass is 474 g/mol. The van der Waals surface area contributed by atoms with E-state index in [1.807, 2.05) is 60.4 Å². The van der Waals surface area contributed by atoms with Gasteiger partial charge < -0.3 is 19.7 Å². The standard InChI is InChI=1S/C27H30N4O4/c1-2-28-26(32)18-30-10-5-11-31(13-12-30)27(33)21-17-23(29-22-7-4-3-6-20(21)22)19-8-9-24-25(16-19)35-15-14-34-24/h3-4,6-9,16-17H,2,5,10-15,18H2,1H3,(H,28,32). The van der Waals surface area contributed by atoms with Crippen LogP contribution in [0.5, 0.6) is 11.5 Å². The first-order valence-electron chi connectivity index (χ1n) is 12.2. The van der Waals surface area contributed by atoms with Gasteiger partial charge in [0.15, 0.2) is 11.5 Å². The van der Waals surface area contributed by atoms with Gasteiger partial charge in [-0.25, -0.2) is 4.98 Å². The first-order chi connectivity index (χ1) is 17.1. The molecule has 1 aromatic heterocycles. The predicted molar refractivity (Wildman–Crippen MR) is 134 cm³/mol.